The van der Waals surface area contributed by atoms with E-state index in [9.17, 15) is 8.78 Å². The van der Waals surface area contributed by atoms with Crippen LogP contribution in [0.3, 0.4) is 0 Å². The summed E-state index contributed by atoms with van der Waals surface area (Å²) in [5, 5.41) is 8.79. The van der Waals surface area contributed by atoms with Crippen LogP contribution in [0.4, 0.5) is 8.78 Å². The van der Waals surface area contributed by atoms with Crippen LogP contribution in [0.1, 0.15) is 68.1 Å². The molecule has 0 saturated heterocycles. The first kappa shape index (κ1) is 21.0. The fourth-order valence-electron chi connectivity index (χ4n) is 3.85. The number of ether oxygens (including phenoxy) is 1. The van der Waals surface area contributed by atoms with Gasteiger partial charge >= 0.3 is 6.11 Å². The lowest BCUT2D eigenvalue weighted by atomic mass is 9.78. The summed E-state index contributed by atoms with van der Waals surface area (Å²) in [6.07, 6.45) is 8.04. The summed E-state index contributed by atoms with van der Waals surface area (Å²) in [6.45, 7) is 2.18. The van der Waals surface area contributed by atoms with Gasteiger partial charge in [-0.2, -0.15) is 14.0 Å². The average molecular weight is 395 g/mol. The van der Waals surface area contributed by atoms with Gasteiger partial charge in [-0.05, 0) is 85.9 Å². The molecule has 2 aromatic carbocycles. The van der Waals surface area contributed by atoms with Crippen molar-refractivity contribution in [3.63, 3.8) is 0 Å². The number of halogens is 2. The lowest BCUT2D eigenvalue weighted by molar-refractivity contribution is -0.185. The van der Waals surface area contributed by atoms with Crippen molar-refractivity contribution in [3.8, 4) is 11.8 Å². The van der Waals surface area contributed by atoms with Crippen LogP contribution in [0.25, 0.3) is 0 Å². The lowest BCUT2D eigenvalue weighted by Gasteiger charge is -2.27. The van der Waals surface area contributed by atoms with Crippen molar-refractivity contribution < 1.29 is 13.5 Å². The molecule has 0 heterocycles. The van der Waals surface area contributed by atoms with Gasteiger partial charge < -0.3 is 4.74 Å². The number of hydrogen-bond donors (Lipinski definition) is 0. The summed E-state index contributed by atoms with van der Waals surface area (Å²) < 4.78 is 33.9. The van der Waals surface area contributed by atoms with E-state index in [1.807, 2.05) is 18.2 Å². The van der Waals surface area contributed by atoms with E-state index in [-0.39, 0.29) is 11.3 Å². The topological polar surface area (TPSA) is 33.0 Å². The Hall–Kier alpha value is -2.67. The number of hydrogen-bond acceptors (Lipinski definition) is 2. The third kappa shape index (κ3) is 5.67. The van der Waals surface area contributed by atoms with Crippen LogP contribution < -0.4 is 4.74 Å². The highest BCUT2D eigenvalue weighted by Gasteiger charge is 2.34. The minimum absolute atomic E-state index is 0.0347. The van der Waals surface area contributed by atoms with Crippen LogP contribution in [0, 0.1) is 17.2 Å². The Morgan fingerprint density at radius 1 is 1.03 bits per heavy atom. The van der Waals surface area contributed by atoms with Crippen molar-refractivity contribution in [2.24, 2.45) is 5.92 Å². The zero-order valence-electron chi connectivity index (χ0n) is 16.8. The maximum atomic E-state index is 14.5. The van der Waals surface area contributed by atoms with E-state index in [1.54, 1.807) is 0 Å². The first-order valence-electron chi connectivity index (χ1n) is 10.4. The fourth-order valence-corrected chi connectivity index (χ4v) is 3.85. The van der Waals surface area contributed by atoms with Crippen molar-refractivity contribution in [3.05, 3.63) is 77.4 Å². The van der Waals surface area contributed by atoms with Crippen LogP contribution in [0.2, 0.25) is 0 Å². The molecule has 4 heteroatoms. The molecule has 0 radical (unpaired) electrons. The van der Waals surface area contributed by atoms with Gasteiger partial charge in [0.1, 0.15) is 5.75 Å². The Morgan fingerprint density at radius 3 is 2.28 bits per heavy atom. The molecule has 0 amide bonds. The van der Waals surface area contributed by atoms with E-state index < -0.39 is 6.11 Å². The maximum Gasteiger partial charge on any atom is 0.426 e. The standard InChI is InChI=1S/C25H27F2NO/c1-2-3-4-5-19-6-10-21(11-7-19)22-12-14-23(15-13-22)25(26,27)29-24-16-8-20(18-28)9-17-24/h4-5,8-9,12-17,19,21H,2-3,6-7,10-11H2,1H3/b5-4-/t19-,21-. The Labute approximate surface area is 171 Å². The number of nitrogens with zero attached hydrogens (tertiary/aromatic N) is 1. The second-order valence-electron chi connectivity index (χ2n) is 7.71. The largest absolute Gasteiger partial charge is 0.429 e. The lowest BCUT2D eigenvalue weighted by Crippen LogP contribution is -2.22. The fraction of sp³-hybridized carbons (Fsp3) is 0.400. The summed E-state index contributed by atoms with van der Waals surface area (Å²) in [5.41, 5.74) is 1.36. The van der Waals surface area contributed by atoms with Crippen molar-refractivity contribution in [2.75, 3.05) is 0 Å². The molecule has 1 fully saturated rings. The van der Waals surface area contributed by atoms with Crippen LogP contribution in [0.5, 0.6) is 5.75 Å². The predicted octanol–water partition coefficient (Wildman–Crippen LogP) is 7.32. The second-order valence-corrected chi connectivity index (χ2v) is 7.71. The number of alkyl halides is 2. The van der Waals surface area contributed by atoms with Crippen molar-refractivity contribution in [1.29, 1.82) is 5.26 Å². The van der Waals surface area contributed by atoms with E-state index in [1.165, 1.54) is 42.8 Å². The van der Waals surface area contributed by atoms with Gasteiger partial charge in [0.2, 0.25) is 0 Å². The Balaban J connectivity index is 1.60. The van der Waals surface area contributed by atoms with Gasteiger partial charge in [-0.25, -0.2) is 0 Å². The van der Waals surface area contributed by atoms with Gasteiger partial charge in [-0.3, -0.25) is 0 Å². The molecule has 0 N–H and O–H groups in total. The van der Waals surface area contributed by atoms with Crippen molar-refractivity contribution >= 4 is 0 Å². The first-order chi connectivity index (χ1) is 14.0. The van der Waals surface area contributed by atoms with Crippen molar-refractivity contribution in [2.45, 2.75) is 57.5 Å². The molecule has 152 valence electrons. The number of nitriles is 1. The van der Waals surface area contributed by atoms with E-state index in [4.69, 9.17) is 10.00 Å². The highest BCUT2D eigenvalue weighted by atomic mass is 19.3. The Bertz CT molecular complexity index is 842. The minimum atomic E-state index is -3.42. The Morgan fingerprint density at radius 2 is 1.69 bits per heavy atom. The number of benzene rings is 2. The first-order valence-corrected chi connectivity index (χ1v) is 10.4. The van der Waals surface area contributed by atoms with Gasteiger partial charge in [0, 0.05) is 0 Å². The van der Waals surface area contributed by atoms with Crippen LogP contribution in [0.15, 0.2) is 60.7 Å². The molecule has 29 heavy (non-hydrogen) atoms. The molecule has 2 aromatic rings. The van der Waals surface area contributed by atoms with Crippen LogP contribution in [-0.2, 0) is 6.11 Å². The molecule has 3 rings (SSSR count). The molecular weight excluding hydrogens is 368 g/mol. The molecule has 1 saturated carbocycles. The summed E-state index contributed by atoms with van der Waals surface area (Å²) in [6, 6.07) is 14.2. The summed E-state index contributed by atoms with van der Waals surface area (Å²) in [7, 11) is 0. The molecule has 1 aliphatic rings. The Kier molecular flexibility index (Phi) is 7.04. The monoisotopic (exact) mass is 395 g/mol. The average Bonchev–Trinajstić information content (AvgIpc) is 2.75. The quantitative estimate of drug-likeness (QED) is 0.460. The van der Waals surface area contributed by atoms with E-state index in [0.717, 1.165) is 37.7 Å². The molecule has 0 spiro atoms. The highest BCUT2D eigenvalue weighted by Crippen LogP contribution is 2.38. The summed E-state index contributed by atoms with van der Waals surface area (Å²) in [5.74, 6) is 1.13. The van der Waals surface area contributed by atoms with Crippen LogP contribution >= 0.6 is 0 Å². The summed E-state index contributed by atoms with van der Waals surface area (Å²) in [4.78, 5) is 0. The maximum absolute atomic E-state index is 14.5. The number of unbranched alkanes of at least 4 members (excludes halogenated alkanes) is 1. The zero-order valence-corrected chi connectivity index (χ0v) is 16.8. The molecule has 0 aromatic heterocycles. The molecule has 1 aliphatic carbocycles. The van der Waals surface area contributed by atoms with E-state index in [0.29, 0.717) is 17.4 Å². The van der Waals surface area contributed by atoms with Gasteiger partial charge in [0.25, 0.3) is 0 Å². The smallest absolute Gasteiger partial charge is 0.426 e. The van der Waals surface area contributed by atoms with Gasteiger partial charge in [0.05, 0.1) is 17.2 Å². The molecule has 0 bridgehead atoms. The van der Waals surface area contributed by atoms with Crippen LogP contribution in [-0.4, -0.2) is 0 Å². The zero-order chi connectivity index (χ0) is 20.7. The number of allylic oxidation sites excluding steroid dienone is 2. The second kappa shape index (κ2) is 9.69. The van der Waals surface area contributed by atoms with Gasteiger partial charge in [-0.1, -0.05) is 37.6 Å². The minimum Gasteiger partial charge on any atom is -0.429 e. The highest BCUT2D eigenvalue weighted by molar-refractivity contribution is 5.35. The molecular formula is C25H27F2NO. The number of rotatable bonds is 7. The molecule has 0 unspecified atom stereocenters. The van der Waals surface area contributed by atoms with E-state index in [2.05, 4.69) is 19.1 Å². The predicted molar refractivity (Wildman–Crippen MR) is 111 cm³/mol. The normalized spacial score (nSPS) is 19.8. The third-order valence-electron chi connectivity index (χ3n) is 5.58. The molecule has 2 nitrogen and oxygen atoms in total. The van der Waals surface area contributed by atoms with E-state index >= 15 is 0 Å². The summed E-state index contributed by atoms with van der Waals surface area (Å²) >= 11 is 0. The molecule has 0 aliphatic heterocycles. The molecule has 0 atom stereocenters. The van der Waals surface area contributed by atoms with Gasteiger partial charge in [0.15, 0.2) is 0 Å². The van der Waals surface area contributed by atoms with Gasteiger partial charge in [-0.15, -0.1) is 0 Å². The third-order valence-corrected chi connectivity index (χ3v) is 5.58. The SMILES string of the molecule is CCC/C=C\[C@H]1CC[C@H](c2ccc(C(F)(F)Oc3ccc(C#N)cc3)cc2)CC1. The van der Waals surface area contributed by atoms with Crippen molar-refractivity contribution in [1.82, 2.24) is 0 Å².